The van der Waals surface area contributed by atoms with Crippen molar-refractivity contribution in [1.82, 2.24) is 4.98 Å². The van der Waals surface area contributed by atoms with Crippen LogP contribution in [0.4, 0.5) is 5.82 Å². The van der Waals surface area contributed by atoms with Crippen LogP contribution in [0.2, 0.25) is 0 Å². The number of aliphatic hydroxyl groups is 1. The Bertz CT molecular complexity index is 372. The highest BCUT2D eigenvalue weighted by Crippen LogP contribution is 2.28. The molecule has 2 rings (SSSR count). The Labute approximate surface area is 103 Å². The second-order valence-electron chi connectivity index (χ2n) is 4.50. The molecule has 0 radical (unpaired) electrons. The van der Waals surface area contributed by atoms with Crippen LogP contribution in [0.25, 0.3) is 0 Å². The third-order valence-electron chi connectivity index (χ3n) is 3.22. The fourth-order valence-corrected chi connectivity index (χ4v) is 2.32. The normalized spacial score (nSPS) is 17.8. The smallest absolute Gasteiger partial charge is 0.134 e. The quantitative estimate of drug-likeness (QED) is 0.811. The van der Waals surface area contributed by atoms with Crippen molar-refractivity contribution in [3.05, 3.63) is 36.5 Å². The fraction of sp³-hybridized carbons (Fsp3) is 0.500. The molecule has 1 saturated heterocycles. The van der Waals surface area contributed by atoms with E-state index in [-0.39, 0.29) is 0 Å². The van der Waals surface area contributed by atoms with Crippen LogP contribution in [0, 0.1) is 0 Å². The van der Waals surface area contributed by atoms with Crippen molar-refractivity contribution >= 4 is 5.82 Å². The lowest BCUT2D eigenvalue weighted by atomic mass is 10.1. The summed E-state index contributed by atoms with van der Waals surface area (Å²) >= 11 is 0. The first-order valence-electron chi connectivity index (χ1n) is 6.31. The van der Waals surface area contributed by atoms with E-state index in [0.717, 1.165) is 24.5 Å². The van der Waals surface area contributed by atoms with Crippen LogP contribution < -0.4 is 4.90 Å². The Morgan fingerprint density at radius 3 is 2.88 bits per heavy atom. The fourth-order valence-electron chi connectivity index (χ4n) is 2.32. The first-order valence-corrected chi connectivity index (χ1v) is 6.31. The summed E-state index contributed by atoms with van der Waals surface area (Å²) in [6, 6.07) is 3.85. The van der Waals surface area contributed by atoms with Crippen molar-refractivity contribution in [2.75, 3.05) is 18.0 Å². The van der Waals surface area contributed by atoms with Gasteiger partial charge < -0.3 is 10.0 Å². The highest BCUT2D eigenvalue weighted by atomic mass is 16.3. The van der Waals surface area contributed by atoms with Gasteiger partial charge in [-0.2, -0.15) is 0 Å². The van der Waals surface area contributed by atoms with Crippen LogP contribution in [0.15, 0.2) is 31.0 Å². The highest BCUT2D eigenvalue weighted by molar-refractivity contribution is 5.48. The molecule has 0 aliphatic carbocycles. The van der Waals surface area contributed by atoms with Crippen LogP contribution in [-0.4, -0.2) is 23.2 Å². The molecule has 1 aromatic heterocycles. The molecule has 0 aromatic carbocycles. The van der Waals surface area contributed by atoms with E-state index < -0.39 is 6.10 Å². The third-order valence-corrected chi connectivity index (χ3v) is 3.22. The molecular formula is C14H20N2O. The molecule has 1 atom stereocenters. The molecule has 1 N–H and O–H groups in total. The number of hydrogen-bond acceptors (Lipinski definition) is 3. The molecule has 3 nitrogen and oxygen atoms in total. The predicted molar refractivity (Wildman–Crippen MR) is 70.1 cm³/mol. The molecule has 1 aliphatic rings. The minimum Gasteiger partial charge on any atom is -0.388 e. The third kappa shape index (κ3) is 2.86. The van der Waals surface area contributed by atoms with Crippen molar-refractivity contribution in [2.24, 2.45) is 0 Å². The molecule has 1 aliphatic heterocycles. The number of aromatic nitrogens is 1. The maximum Gasteiger partial charge on any atom is 0.134 e. The number of rotatable bonds is 4. The number of hydrogen-bond donors (Lipinski definition) is 1. The summed E-state index contributed by atoms with van der Waals surface area (Å²) in [5, 5.41) is 10.1. The van der Waals surface area contributed by atoms with Gasteiger partial charge >= 0.3 is 0 Å². The second-order valence-corrected chi connectivity index (χ2v) is 4.50. The molecular weight excluding hydrogens is 212 g/mol. The summed E-state index contributed by atoms with van der Waals surface area (Å²) in [5.74, 6) is 0.946. The van der Waals surface area contributed by atoms with E-state index in [9.17, 15) is 5.11 Å². The lowest BCUT2D eigenvalue weighted by molar-refractivity contribution is 0.181. The van der Waals surface area contributed by atoms with Gasteiger partial charge in [-0.1, -0.05) is 12.1 Å². The summed E-state index contributed by atoms with van der Waals surface area (Å²) in [5.41, 5.74) is 0.925. The van der Waals surface area contributed by atoms with Gasteiger partial charge in [0.15, 0.2) is 0 Å². The summed E-state index contributed by atoms with van der Waals surface area (Å²) in [7, 11) is 0. The summed E-state index contributed by atoms with van der Waals surface area (Å²) in [4.78, 5) is 6.72. The standard InChI is InChI=1S/C14H20N2O/c1-2-7-13(17)12-8-6-9-15-14(12)16-10-4-3-5-11-16/h2,6,8-9,13,17H,1,3-5,7,10-11H2. The van der Waals surface area contributed by atoms with E-state index in [0.29, 0.717) is 6.42 Å². The van der Waals surface area contributed by atoms with E-state index in [1.807, 2.05) is 12.1 Å². The number of piperidine rings is 1. The Morgan fingerprint density at radius 1 is 1.41 bits per heavy atom. The zero-order chi connectivity index (χ0) is 12.1. The topological polar surface area (TPSA) is 36.4 Å². The van der Waals surface area contributed by atoms with Crippen LogP contribution in [0.1, 0.15) is 37.4 Å². The molecule has 17 heavy (non-hydrogen) atoms. The van der Waals surface area contributed by atoms with Crippen LogP contribution in [0.5, 0.6) is 0 Å². The monoisotopic (exact) mass is 232 g/mol. The molecule has 1 fully saturated rings. The Morgan fingerprint density at radius 2 is 2.18 bits per heavy atom. The highest BCUT2D eigenvalue weighted by Gasteiger charge is 2.18. The Hall–Kier alpha value is -1.35. The molecule has 0 amide bonds. The van der Waals surface area contributed by atoms with E-state index in [4.69, 9.17) is 0 Å². The van der Waals surface area contributed by atoms with Crippen molar-refractivity contribution < 1.29 is 5.11 Å². The van der Waals surface area contributed by atoms with Gasteiger partial charge in [-0.15, -0.1) is 6.58 Å². The average Bonchev–Trinajstić information content (AvgIpc) is 2.40. The molecule has 3 heteroatoms. The van der Waals surface area contributed by atoms with Crippen LogP contribution >= 0.6 is 0 Å². The minimum absolute atomic E-state index is 0.488. The predicted octanol–water partition coefficient (Wildman–Crippen LogP) is 2.68. The van der Waals surface area contributed by atoms with Gasteiger partial charge in [-0.25, -0.2) is 4.98 Å². The number of pyridine rings is 1. The SMILES string of the molecule is C=CCC(O)c1cccnc1N1CCCCC1. The number of aliphatic hydroxyl groups excluding tert-OH is 1. The molecule has 1 aromatic rings. The van der Waals surface area contributed by atoms with E-state index in [2.05, 4.69) is 16.5 Å². The van der Waals surface area contributed by atoms with Crippen molar-refractivity contribution in [1.29, 1.82) is 0 Å². The van der Waals surface area contributed by atoms with Crippen molar-refractivity contribution in [3.8, 4) is 0 Å². The van der Waals surface area contributed by atoms with Gasteiger partial charge in [0.2, 0.25) is 0 Å². The number of nitrogens with zero attached hydrogens (tertiary/aromatic N) is 2. The molecule has 2 heterocycles. The molecule has 0 bridgehead atoms. The largest absolute Gasteiger partial charge is 0.388 e. The van der Waals surface area contributed by atoms with Gasteiger partial charge in [0.05, 0.1) is 6.10 Å². The molecule has 92 valence electrons. The average molecular weight is 232 g/mol. The zero-order valence-electron chi connectivity index (χ0n) is 10.2. The van der Waals surface area contributed by atoms with Crippen LogP contribution in [0.3, 0.4) is 0 Å². The van der Waals surface area contributed by atoms with E-state index in [1.165, 1.54) is 19.3 Å². The first kappa shape index (κ1) is 12.1. The van der Waals surface area contributed by atoms with Crippen molar-refractivity contribution in [2.45, 2.75) is 31.8 Å². The Kier molecular flexibility index (Phi) is 4.15. The summed E-state index contributed by atoms with van der Waals surface area (Å²) in [6.07, 6.45) is 7.37. The second kappa shape index (κ2) is 5.82. The maximum absolute atomic E-state index is 10.1. The van der Waals surface area contributed by atoms with Crippen molar-refractivity contribution in [3.63, 3.8) is 0 Å². The molecule has 1 unspecified atom stereocenters. The Balaban J connectivity index is 2.22. The minimum atomic E-state index is -0.488. The number of anilines is 1. The lowest BCUT2D eigenvalue weighted by Gasteiger charge is -2.30. The molecule has 0 spiro atoms. The van der Waals surface area contributed by atoms with Gasteiger partial charge in [0.25, 0.3) is 0 Å². The zero-order valence-corrected chi connectivity index (χ0v) is 10.2. The molecule has 0 saturated carbocycles. The maximum atomic E-state index is 10.1. The van der Waals surface area contributed by atoms with E-state index in [1.54, 1.807) is 12.3 Å². The van der Waals surface area contributed by atoms with E-state index >= 15 is 0 Å². The van der Waals surface area contributed by atoms with Gasteiger partial charge in [-0.05, 0) is 31.7 Å². The van der Waals surface area contributed by atoms with Gasteiger partial charge in [0.1, 0.15) is 5.82 Å². The first-order chi connectivity index (χ1) is 8.33. The van der Waals surface area contributed by atoms with Gasteiger partial charge in [-0.3, -0.25) is 0 Å². The summed E-state index contributed by atoms with van der Waals surface area (Å²) < 4.78 is 0. The van der Waals surface area contributed by atoms with Crippen LogP contribution in [-0.2, 0) is 0 Å². The van der Waals surface area contributed by atoms with Gasteiger partial charge in [0, 0.05) is 24.8 Å². The summed E-state index contributed by atoms with van der Waals surface area (Å²) in [6.45, 7) is 5.77. The lowest BCUT2D eigenvalue weighted by Crippen LogP contribution is -2.31.